The van der Waals surface area contributed by atoms with E-state index in [-0.39, 0.29) is 0 Å². The number of aliphatic hydroxyl groups excluding tert-OH is 1. The van der Waals surface area contributed by atoms with Crippen molar-refractivity contribution in [3.8, 4) is 6.07 Å². The fraction of sp³-hybridized carbons (Fsp3) is 0.571. The zero-order valence-electron chi connectivity index (χ0n) is 12.0. The molecule has 0 saturated carbocycles. The van der Waals surface area contributed by atoms with Gasteiger partial charge in [0.1, 0.15) is 11.9 Å². The van der Waals surface area contributed by atoms with Gasteiger partial charge in [-0.1, -0.05) is 13.8 Å². The fourth-order valence-electron chi connectivity index (χ4n) is 1.72. The molecule has 1 aromatic heterocycles. The number of nitrogens with one attached hydrogen (secondary N) is 1. The highest BCUT2D eigenvalue weighted by molar-refractivity contribution is 5.52. The lowest BCUT2D eigenvalue weighted by Crippen LogP contribution is -2.31. The minimum Gasteiger partial charge on any atom is -0.390 e. The number of hydrogen-bond acceptors (Lipinski definition) is 5. The van der Waals surface area contributed by atoms with Gasteiger partial charge in [-0.2, -0.15) is 5.26 Å². The molecule has 0 radical (unpaired) electrons. The zero-order valence-corrected chi connectivity index (χ0v) is 12.0. The molecular weight excluding hydrogens is 240 g/mol. The average Bonchev–Trinajstić information content (AvgIpc) is 2.35. The van der Waals surface area contributed by atoms with E-state index in [4.69, 9.17) is 5.26 Å². The summed E-state index contributed by atoms with van der Waals surface area (Å²) >= 11 is 0. The van der Waals surface area contributed by atoms with Crippen molar-refractivity contribution in [2.45, 2.75) is 25.9 Å². The molecule has 5 nitrogen and oxygen atoms in total. The smallest absolute Gasteiger partial charge is 0.144 e. The third kappa shape index (κ3) is 4.86. The first kappa shape index (κ1) is 15.4. The van der Waals surface area contributed by atoms with Gasteiger partial charge in [0.15, 0.2) is 0 Å². The molecule has 1 atom stereocenters. The van der Waals surface area contributed by atoms with Gasteiger partial charge in [-0.05, 0) is 32.1 Å². The summed E-state index contributed by atoms with van der Waals surface area (Å²) < 4.78 is 0. The Morgan fingerprint density at radius 3 is 2.63 bits per heavy atom. The maximum absolute atomic E-state index is 9.81. The van der Waals surface area contributed by atoms with E-state index in [1.807, 2.05) is 25.1 Å². The van der Waals surface area contributed by atoms with Gasteiger partial charge < -0.3 is 15.3 Å². The molecule has 0 aliphatic heterocycles. The van der Waals surface area contributed by atoms with Crippen LogP contribution in [0.25, 0.3) is 0 Å². The highest BCUT2D eigenvalue weighted by Gasteiger charge is 2.10. The molecule has 0 fully saturated rings. The third-order valence-corrected chi connectivity index (χ3v) is 2.71. The second-order valence-corrected chi connectivity index (χ2v) is 5.20. The monoisotopic (exact) mass is 262 g/mol. The first-order valence-electron chi connectivity index (χ1n) is 6.41. The van der Waals surface area contributed by atoms with Gasteiger partial charge in [0.2, 0.25) is 0 Å². The van der Waals surface area contributed by atoms with Crippen LogP contribution in [0.5, 0.6) is 0 Å². The van der Waals surface area contributed by atoms with Gasteiger partial charge in [0.25, 0.3) is 0 Å². The number of pyridine rings is 1. The van der Waals surface area contributed by atoms with Gasteiger partial charge in [-0.25, -0.2) is 4.98 Å². The van der Waals surface area contributed by atoms with Crippen LogP contribution in [0.3, 0.4) is 0 Å². The number of aromatic nitrogens is 1. The Bertz CT molecular complexity index is 451. The summed E-state index contributed by atoms with van der Waals surface area (Å²) in [4.78, 5) is 6.35. The van der Waals surface area contributed by atoms with Crippen molar-refractivity contribution in [3.63, 3.8) is 0 Å². The quantitative estimate of drug-likeness (QED) is 0.811. The Morgan fingerprint density at radius 1 is 1.42 bits per heavy atom. The van der Waals surface area contributed by atoms with E-state index in [9.17, 15) is 5.11 Å². The molecule has 104 valence electrons. The highest BCUT2D eigenvalue weighted by atomic mass is 16.3. The lowest BCUT2D eigenvalue weighted by atomic mass is 10.1. The van der Waals surface area contributed by atoms with E-state index < -0.39 is 6.10 Å². The van der Waals surface area contributed by atoms with Crippen LogP contribution in [0.2, 0.25) is 0 Å². The number of likely N-dealkylation sites (N-methyl/N-ethyl adjacent to an activating group) is 1. The van der Waals surface area contributed by atoms with E-state index in [2.05, 4.69) is 30.2 Å². The molecule has 0 aromatic carbocycles. The number of rotatable bonds is 6. The largest absolute Gasteiger partial charge is 0.390 e. The molecule has 19 heavy (non-hydrogen) atoms. The van der Waals surface area contributed by atoms with E-state index in [0.717, 1.165) is 5.69 Å². The normalized spacial score (nSPS) is 12.5. The Labute approximate surface area is 114 Å². The van der Waals surface area contributed by atoms with Crippen LogP contribution < -0.4 is 5.32 Å². The SMILES string of the molecule is CC(C)c1ccc(C#N)c(NC[C@H](O)CN(C)C)n1. The van der Waals surface area contributed by atoms with Gasteiger partial charge in [-0.3, -0.25) is 0 Å². The Hall–Kier alpha value is -1.64. The summed E-state index contributed by atoms with van der Waals surface area (Å²) in [5.74, 6) is 0.853. The first-order valence-corrected chi connectivity index (χ1v) is 6.41. The Kier molecular flexibility index (Phi) is 5.74. The van der Waals surface area contributed by atoms with Crippen LogP contribution in [0, 0.1) is 11.3 Å². The van der Waals surface area contributed by atoms with Crippen molar-refractivity contribution in [3.05, 3.63) is 23.4 Å². The van der Waals surface area contributed by atoms with E-state index in [0.29, 0.717) is 30.4 Å². The number of hydrogen-bond donors (Lipinski definition) is 2. The Balaban J connectivity index is 2.76. The number of aliphatic hydroxyl groups is 1. The lowest BCUT2D eigenvalue weighted by molar-refractivity contribution is 0.148. The van der Waals surface area contributed by atoms with Crippen molar-refractivity contribution in [1.82, 2.24) is 9.88 Å². The third-order valence-electron chi connectivity index (χ3n) is 2.71. The predicted molar refractivity (Wildman–Crippen MR) is 76.1 cm³/mol. The van der Waals surface area contributed by atoms with Crippen LogP contribution in [0.4, 0.5) is 5.82 Å². The predicted octanol–water partition coefficient (Wildman–Crippen LogP) is 1.41. The second-order valence-electron chi connectivity index (χ2n) is 5.20. The van der Waals surface area contributed by atoms with Gasteiger partial charge in [-0.15, -0.1) is 0 Å². The maximum Gasteiger partial charge on any atom is 0.144 e. The molecule has 2 N–H and O–H groups in total. The van der Waals surface area contributed by atoms with Crippen LogP contribution >= 0.6 is 0 Å². The van der Waals surface area contributed by atoms with E-state index in [1.165, 1.54) is 0 Å². The highest BCUT2D eigenvalue weighted by Crippen LogP contribution is 2.18. The Morgan fingerprint density at radius 2 is 2.11 bits per heavy atom. The van der Waals surface area contributed by atoms with Crippen molar-refractivity contribution in [2.75, 3.05) is 32.5 Å². The summed E-state index contributed by atoms with van der Waals surface area (Å²) in [6.45, 7) is 5.05. The lowest BCUT2D eigenvalue weighted by Gasteiger charge is -2.17. The standard InChI is InChI=1S/C14H22N4O/c1-10(2)13-6-5-11(7-15)14(17-13)16-8-12(19)9-18(3)4/h5-6,10,12,19H,8-9H2,1-4H3,(H,16,17)/t12-/m0/s1. The number of nitriles is 1. The van der Waals surface area contributed by atoms with Crippen LogP contribution in [0.1, 0.15) is 31.0 Å². The molecule has 1 aromatic rings. The minimum absolute atomic E-state index is 0.306. The second kappa shape index (κ2) is 7.07. The maximum atomic E-state index is 9.81. The molecule has 0 amide bonds. The number of nitrogens with zero attached hydrogens (tertiary/aromatic N) is 3. The van der Waals surface area contributed by atoms with Crippen LogP contribution in [-0.2, 0) is 0 Å². The summed E-state index contributed by atoms with van der Waals surface area (Å²) in [7, 11) is 3.81. The topological polar surface area (TPSA) is 72.2 Å². The average molecular weight is 262 g/mol. The van der Waals surface area contributed by atoms with Crippen molar-refractivity contribution < 1.29 is 5.11 Å². The molecular formula is C14H22N4O. The summed E-state index contributed by atoms with van der Waals surface area (Å²) in [5.41, 5.74) is 1.44. The van der Waals surface area contributed by atoms with E-state index in [1.54, 1.807) is 6.07 Å². The number of anilines is 1. The molecule has 0 aliphatic rings. The summed E-state index contributed by atoms with van der Waals surface area (Å²) in [6, 6.07) is 5.74. The van der Waals surface area contributed by atoms with Crippen LogP contribution in [-0.4, -0.2) is 48.3 Å². The molecule has 1 rings (SSSR count). The zero-order chi connectivity index (χ0) is 14.4. The van der Waals surface area contributed by atoms with Crippen molar-refractivity contribution in [1.29, 1.82) is 5.26 Å². The van der Waals surface area contributed by atoms with E-state index >= 15 is 0 Å². The van der Waals surface area contributed by atoms with Crippen LogP contribution in [0.15, 0.2) is 12.1 Å². The van der Waals surface area contributed by atoms with Crippen molar-refractivity contribution in [2.24, 2.45) is 0 Å². The van der Waals surface area contributed by atoms with Gasteiger partial charge in [0.05, 0.1) is 11.7 Å². The minimum atomic E-state index is -0.494. The first-order chi connectivity index (χ1) is 8.93. The molecule has 0 saturated heterocycles. The molecule has 5 heteroatoms. The molecule has 1 heterocycles. The molecule has 0 unspecified atom stereocenters. The molecule has 0 aliphatic carbocycles. The van der Waals surface area contributed by atoms with Crippen molar-refractivity contribution >= 4 is 5.82 Å². The summed E-state index contributed by atoms with van der Waals surface area (Å²) in [5, 5.41) is 21.9. The van der Waals surface area contributed by atoms with Gasteiger partial charge >= 0.3 is 0 Å². The fourth-order valence-corrected chi connectivity index (χ4v) is 1.72. The summed E-state index contributed by atoms with van der Waals surface area (Å²) in [6.07, 6.45) is -0.494. The van der Waals surface area contributed by atoms with Gasteiger partial charge in [0, 0.05) is 18.8 Å². The molecule has 0 spiro atoms. The molecule has 0 bridgehead atoms.